The Morgan fingerprint density at radius 3 is 2.46 bits per heavy atom. The van der Waals surface area contributed by atoms with Crippen molar-refractivity contribution in [2.75, 3.05) is 7.11 Å². The molecule has 1 fully saturated rings. The molecule has 0 aromatic heterocycles. The second-order valence-electron chi connectivity index (χ2n) is 3.37. The summed E-state index contributed by atoms with van der Waals surface area (Å²) in [6, 6.07) is -0.626. The number of nitrogens with two attached hydrogens (primary N) is 1. The van der Waals surface area contributed by atoms with Crippen LogP contribution in [0.5, 0.6) is 0 Å². The molecule has 0 heterocycles. The van der Waals surface area contributed by atoms with Crippen molar-refractivity contribution < 1.29 is 14.3 Å². The van der Waals surface area contributed by atoms with E-state index in [0.29, 0.717) is 12.8 Å². The van der Waals surface area contributed by atoms with Crippen LogP contribution in [0.3, 0.4) is 0 Å². The monoisotopic (exact) mass is 186 g/mol. The second kappa shape index (κ2) is 3.33. The second-order valence-corrected chi connectivity index (χ2v) is 3.37. The first-order valence-corrected chi connectivity index (χ1v) is 4.17. The summed E-state index contributed by atoms with van der Waals surface area (Å²) in [5.74, 6) is -0.733. The van der Waals surface area contributed by atoms with E-state index in [9.17, 15) is 9.59 Å². The summed E-state index contributed by atoms with van der Waals surface area (Å²) in [4.78, 5) is 22.2. The maximum absolute atomic E-state index is 11.3. The number of esters is 1. The topological polar surface area (TPSA) is 81.4 Å². The number of rotatable bonds is 3. The summed E-state index contributed by atoms with van der Waals surface area (Å²) < 4.78 is 4.45. The molecule has 0 saturated heterocycles. The van der Waals surface area contributed by atoms with Gasteiger partial charge >= 0.3 is 5.97 Å². The zero-order valence-corrected chi connectivity index (χ0v) is 7.79. The van der Waals surface area contributed by atoms with Crippen LogP contribution in [-0.2, 0) is 14.3 Å². The molecule has 0 aliphatic heterocycles. The van der Waals surface area contributed by atoms with Gasteiger partial charge in [0.05, 0.1) is 12.6 Å². The first kappa shape index (κ1) is 9.98. The lowest BCUT2D eigenvalue weighted by Gasteiger charge is -2.14. The van der Waals surface area contributed by atoms with Crippen molar-refractivity contribution in [1.82, 2.24) is 5.32 Å². The van der Waals surface area contributed by atoms with E-state index in [0.717, 1.165) is 0 Å². The Morgan fingerprint density at radius 2 is 2.08 bits per heavy atom. The Balaban J connectivity index is 2.40. The molecule has 1 aliphatic rings. The Morgan fingerprint density at radius 1 is 1.54 bits per heavy atom. The van der Waals surface area contributed by atoms with Gasteiger partial charge in [0.25, 0.3) is 0 Å². The summed E-state index contributed by atoms with van der Waals surface area (Å²) in [6.07, 6.45) is 1.37. The van der Waals surface area contributed by atoms with E-state index in [4.69, 9.17) is 5.73 Å². The number of carbonyl (C=O) groups excluding carboxylic acids is 2. The summed E-state index contributed by atoms with van der Waals surface area (Å²) >= 11 is 0. The highest BCUT2D eigenvalue weighted by molar-refractivity contribution is 5.92. The number of nitrogens with one attached hydrogen (secondary N) is 1. The number of carbonyl (C=O) groups is 2. The Labute approximate surface area is 76.6 Å². The lowest BCUT2D eigenvalue weighted by Crippen LogP contribution is -2.48. The average molecular weight is 186 g/mol. The van der Waals surface area contributed by atoms with Crippen LogP contribution in [0.25, 0.3) is 0 Å². The third kappa shape index (κ3) is 2.18. The minimum atomic E-state index is -0.734. The van der Waals surface area contributed by atoms with Crippen molar-refractivity contribution in [2.24, 2.45) is 5.73 Å². The van der Waals surface area contributed by atoms with Gasteiger partial charge in [-0.3, -0.25) is 4.79 Å². The quantitative estimate of drug-likeness (QED) is 0.563. The molecule has 1 rings (SSSR count). The smallest absolute Gasteiger partial charge is 0.328 e. The zero-order valence-electron chi connectivity index (χ0n) is 7.79. The summed E-state index contributed by atoms with van der Waals surface area (Å²) in [6.45, 7) is 1.56. The van der Waals surface area contributed by atoms with Gasteiger partial charge < -0.3 is 15.8 Å². The van der Waals surface area contributed by atoms with Crippen LogP contribution >= 0.6 is 0 Å². The number of methoxy groups -OCH3 is 1. The summed E-state index contributed by atoms with van der Waals surface area (Å²) in [5.41, 5.74) is 4.88. The van der Waals surface area contributed by atoms with Crippen LogP contribution in [0.1, 0.15) is 19.8 Å². The predicted octanol–water partition coefficient (Wildman–Crippen LogP) is -0.845. The summed E-state index contributed by atoms with van der Waals surface area (Å²) in [5, 5.41) is 2.49. The maximum Gasteiger partial charge on any atom is 0.328 e. The van der Waals surface area contributed by atoms with E-state index in [1.165, 1.54) is 7.11 Å². The molecule has 0 radical (unpaired) electrons. The fourth-order valence-corrected chi connectivity index (χ4v) is 0.938. The molecule has 0 spiro atoms. The van der Waals surface area contributed by atoms with Gasteiger partial charge in [0, 0.05) is 0 Å². The molecule has 0 aromatic rings. The first-order valence-electron chi connectivity index (χ1n) is 4.17. The molecule has 0 aromatic carbocycles. The molecule has 13 heavy (non-hydrogen) atoms. The first-order chi connectivity index (χ1) is 5.99. The van der Waals surface area contributed by atoms with Gasteiger partial charge in [-0.1, -0.05) is 0 Å². The van der Waals surface area contributed by atoms with E-state index in [1.807, 2.05) is 0 Å². The van der Waals surface area contributed by atoms with Crippen LogP contribution in [-0.4, -0.2) is 30.6 Å². The molecule has 1 unspecified atom stereocenters. The van der Waals surface area contributed by atoms with Gasteiger partial charge in [-0.25, -0.2) is 4.79 Å². The van der Waals surface area contributed by atoms with Crippen LogP contribution in [0.4, 0.5) is 0 Å². The van der Waals surface area contributed by atoms with Gasteiger partial charge in [0.2, 0.25) is 5.91 Å². The predicted molar refractivity (Wildman–Crippen MR) is 45.8 cm³/mol. The van der Waals surface area contributed by atoms with E-state index in [-0.39, 0.29) is 5.91 Å². The van der Waals surface area contributed by atoms with Crippen molar-refractivity contribution in [3.05, 3.63) is 0 Å². The average Bonchev–Trinajstić information content (AvgIpc) is 2.83. The minimum Gasteiger partial charge on any atom is -0.467 e. The normalized spacial score (nSPS) is 20.2. The Kier molecular flexibility index (Phi) is 2.56. The van der Waals surface area contributed by atoms with Gasteiger partial charge in [0.15, 0.2) is 0 Å². The van der Waals surface area contributed by atoms with E-state index in [1.54, 1.807) is 6.92 Å². The molecule has 1 saturated carbocycles. The Hall–Kier alpha value is -1.10. The van der Waals surface area contributed by atoms with Crippen molar-refractivity contribution in [3.8, 4) is 0 Å². The van der Waals surface area contributed by atoms with Crippen LogP contribution in [0.2, 0.25) is 0 Å². The molecule has 5 nitrogen and oxygen atoms in total. The van der Waals surface area contributed by atoms with Gasteiger partial charge in [-0.05, 0) is 19.8 Å². The SMILES string of the molecule is COC(=O)C(C)NC(=O)C1(N)CC1. The minimum absolute atomic E-state index is 0.273. The van der Waals surface area contributed by atoms with E-state index in [2.05, 4.69) is 10.1 Å². The number of ether oxygens (including phenoxy) is 1. The zero-order chi connectivity index (χ0) is 10.1. The van der Waals surface area contributed by atoms with Crippen molar-refractivity contribution in [2.45, 2.75) is 31.3 Å². The third-order valence-corrected chi connectivity index (χ3v) is 2.14. The maximum atomic E-state index is 11.3. The van der Waals surface area contributed by atoms with Gasteiger partial charge in [-0.2, -0.15) is 0 Å². The van der Waals surface area contributed by atoms with Crippen molar-refractivity contribution in [1.29, 1.82) is 0 Å². The highest BCUT2D eigenvalue weighted by Gasteiger charge is 2.46. The van der Waals surface area contributed by atoms with Gasteiger partial charge in [0.1, 0.15) is 6.04 Å². The molecule has 3 N–H and O–H groups in total. The van der Waals surface area contributed by atoms with Gasteiger partial charge in [-0.15, -0.1) is 0 Å². The molecule has 5 heteroatoms. The molecule has 74 valence electrons. The van der Waals surface area contributed by atoms with E-state index >= 15 is 0 Å². The number of amides is 1. The third-order valence-electron chi connectivity index (χ3n) is 2.14. The van der Waals surface area contributed by atoms with E-state index < -0.39 is 17.6 Å². The fraction of sp³-hybridized carbons (Fsp3) is 0.750. The van der Waals surface area contributed by atoms with Crippen LogP contribution in [0.15, 0.2) is 0 Å². The molecule has 1 aliphatic carbocycles. The van der Waals surface area contributed by atoms with Crippen LogP contribution < -0.4 is 11.1 Å². The Bertz CT molecular complexity index is 236. The number of hydrogen-bond donors (Lipinski definition) is 2. The molecule has 1 atom stereocenters. The molecular formula is C8H14N2O3. The van der Waals surface area contributed by atoms with Crippen molar-refractivity contribution in [3.63, 3.8) is 0 Å². The van der Waals surface area contributed by atoms with Crippen molar-refractivity contribution >= 4 is 11.9 Å². The lowest BCUT2D eigenvalue weighted by atomic mass is 10.2. The van der Waals surface area contributed by atoms with Crippen LogP contribution in [0, 0.1) is 0 Å². The summed E-state index contributed by atoms with van der Waals surface area (Å²) in [7, 11) is 1.28. The largest absolute Gasteiger partial charge is 0.467 e. The molecule has 0 bridgehead atoms. The standard InChI is InChI=1S/C8H14N2O3/c1-5(6(11)13-2)10-7(12)8(9)3-4-8/h5H,3-4,9H2,1-2H3,(H,10,12). The highest BCUT2D eigenvalue weighted by Crippen LogP contribution is 2.32. The lowest BCUT2D eigenvalue weighted by molar-refractivity contribution is -0.144. The fourth-order valence-electron chi connectivity index (χ4n) is 0.938. The number of hydrogen-bond acceptors (Lipinski definition) is 4. The highest BCUT2D eigenvalue weighted by atomic mass is 16.5. The molecule has 1 amide bonds. The molecular weight excluding hydrogens is 172 g/mol.